The summed E-state index contributed by atoms with van der Waals surface area (Å²) in [5.41, 5.74) is 0.362. The zero-order valence-corrected chi connectivity index (χ0v) is 11.9. The van der Waals surface area contributed by atoms with Crippen molar-refractivity contribution in [2.45, 2.75) is 25.5 Å². The van der Waals surface area contributed by atoms with E-state index in [4.69, 9.17) is 4.74 Å². The molecule has 0 aromatic heterocycles. The highest BCUT2D eigenvalue weighted by atomic mass is 79.9. The van der Waals surface area contributed by atoms with Crippen molar-refractivity contribution in [1.82, 2.24) is 5.32 Å². The van der Waals surface area contributed by atoms with Gasteiger partial charge in [-0.05, 0) is 48.5 Å². The quantitative estimate of drug-likeness (QED) is 0.862. The van der Waals surface area contributed by atoms with Gasteiger partial charge in [0.15, 0.2) is 0 Å². The number of hydrogen-bond acceptors (Lipinski definition) is 2. The van der Waals surface area contributed by atoms with Crippen LogP contribution in [0.2, 0.25) is 0 Å². The Hall–Kier alpha value is -0.520. The molecule has 2 rings (SSSR count). The van der Waals surface area contributed by atoms with E-state index in [0.29, 0.717) is 12.2 Å². The number of nitrogens with one attached hydrogen (secondary N) is 1. The van der Waals surface area contributed by atoms with Crippen molar-refractivity contribution in [1.29, 1.82) is 0 Å². The van der Waals surface area contributed by atoms with Crippen LogP contribution >= 0.6 is 15.9 Å². The molecule has 0 radical (unpaired) electrons. The monoisotopic (exact) mass is 319 g/mol. The molecule has 0 saturated carbocycles. The Morgan fingerprint density at radius 2 is 2.11 bits per heavy atom. The predicted molar refractivity (Wildman–Crippen MR) is 69.4 cm³/mol. The first-order chi connectivity index (χ1) is 8.54. The van der Waals surface area contributed by atoms with E-state index in [1.165, 1.54) is 12.1 Å². The number of benzene rings is 1. The number of rotatable bonds is 3. The Morgan fingerprint density at radius 3 is 2.67 bits per heavy atom. The molecular weight excluding hydrogens is 304 g/mol. The fourth-order valence-electron chi connectivity index (χ4n) is 2.56. The van der Waals surface area contributed by atoms with Crippen LogP contribution in [0.5, 0.6) is 0 Å². The van der Waals surface area contributed by atoms with Gasteiger partial charge in [0, 0.05) is 24.1 Å². The van der Waals surface area contributed by atoms with Crippen LogP contribution in [0, 0.1) is 17.6 Å². The highest BCUT2D eigenvalue weighted by Gasteiger charge is 2.33. The predicted octanol–water partition coefficient (Wildman–Crippen LogP) is 3.41. The van der Waals surface area contributed by atoms with Crippen LogP contribution in [-0.4, -0.2) is 19.8 Å². The highest BCUT2D eigenvalue weighted by molar-refractivity contribution is 9.10. The first kappa shape index (κ1) is 13.9. The van der Waals surface area contributed by atoms with Crippen molar-refractivity contribution in [3.63, 3.8) is 0 Å². The van der Waals surface area contributed by atoms with Gasteiger partial charge in [0.25, 0.3) is 0 Å². The second-order valence-corrected chi connectivity index (χ2v) is 5.44. The van der Waals surface area contributed by atoms with Crippen LogP contribution in [0.1, 0.15) is 24.9 Å². The van der Waals surface area contributed by atoms with E-state index in [0.717, 1.165) is 6.42 Å². The normalized spacial score (nSPS) is 25.4. The molecule has 1 N–H and O–H groups in total. The van der Waals surface area contributed by atoms with Crippen molar-refractivity contribution in [3.05, 3.63) is 33.8 Å². The molecule has 1 saturated heterocycles. The summed E-state index contributed by atoms with van der Waals surface area (Å²) >= 11 is 2.99. The molecule has 0 spiro atoms. The van der Waals surface area contributed by atoms with Crippen LogP contribution in [0.25, 0.3) is 0 Å². The Balaban J connectivity index is 2.35. The minimum absolute atomic E-state index is 0.0496. The molecule has 1 aromatic carbocycles. The van der Waals surface area contributed by atoms with Gasteiger partial charge in [0.1, 0.15) is 11.6 Å². The zero-order chi connectivity index (χ0) is 13.3. The molecule has 0 amide bonds. The van der Waals surface area contributed by atoms with Crippen molar-refractivity contribution in [2.24, 2.45) is 5.92 Å². The van der Waals surface area contributed by atoms with Crippen molar-refractivity contribution in [3.8, 4) is 0 Å². The van der Waals surface area contributed by atoms with E-state index in [1.807, 2.05) is 6.92 Å². The lowest BCUT2D eigenvalue weighted by Gasteiger charge is -2.26. The topological polar surface area (TPSA) is 21.3 Å². The summed E-state index contributed by atoms with van der Waals surface area (Å²) in [5, 5.41) is 3.08. The third-order valence-electron chi connectivity index (χ3n) is 3.55. The molecule has 0 bridgehead atoms. The number of halogens is 3. The van der Waals surface area contributed by atoms with Crippen molar-refractivity contribution in [2.75, 3.05) is 13.7 Å². The lowest BCUT2D eigenvalue weighted by atomic mass is 9.88. The van der Waals surface area contributed by atoms with Crippen LogP contribution in [0.4, 0.5) is 8.78 Å². The summed E-state index contributed by atoms with van der Waals surface area (Å²) in [6, 6.07) is 2.20. The van der Waals surface area contributed by atoms with Gasteiger partial charge in [-0.15, -0.1) is 0 Å². The Kier molecular flexibility index (Phi) is 4.35. The fraction of sp³-hybridized carbons (Fsp3) is 0.538. The first-order valence-electron chi connectivity index (χ1n) is 5.98. The van der Waals surface area contributed by atoms with Gasteiger partial charge in [0.05, 0.1) is 10.6 Å². The molecule has 0 aliphatic carbocycles. The van der Waals surface area contributed by atoms with E-state index >= 15 is 0 Å². The second kappa shape index (κ2) is 5.63. The summed E-state index contributed by atoms with van der Waals surface area (Å²) in [4.78, 5) is 0. The van der Waals surface area contributed by atoms with Crippen molar-refractivity contribution < 1.29 is 13.5 Å². The third kappa shape index (κ3) is 2.58. The minimum Gasteiger partial charge on any atom is -0.378 e. The van der Waals surface area contributed by atoms with Crippen LogP contribution in [0.15, 0.2) is 16.6 Å². The Bertz CT molecular complexity index is 441. The molecule has 1 aliphatic rings. The summed E-state index contributed by atoms with van der Waals surface area (Å²) < 4.78 is 33.2. The van der Waals surface area contributed by atoms with Gasteiger partial charge in [-0.2, -0.15) is 0 Å². The molecule has 5 heteroatoms. The van der Waals surface area contributed by atoms with Crippen LogP contribution in [0.3, 0.4) is 0 Å². The highest BCUT2D eigenvalue weighted by Crippen LogP contribution is 2.35. The zero-order valence-electron chi connectivity index (χ0n) is 10.3. The van der Waals surface area contributed by atoms with Crippen LogP contribution in [-0.2, 0) is 4.74 Å². The van der Waals surface area contributed by atoms with Crippen molar-refractivity contribution >= 4 is 15.9 Å². The van der Waals surface area contributed by atoms with Gasteiger partial charge in [0.2, 0.25) is 0 Å². The van der Waals surface area contributed by atoms with Gasteiger partial charge >= 0.3 is 0 Å². The molecule has 18 heavy (non-hydrogen) atoms. The third-order valence-corrected chi connectivity index (χ3v) is 4.16. The average molecular weight is 320 g/mol. The summed E-state index contributed by atoms with van der Waals surface area (Å²) in [6.45, 7) is 2.64. The second-order valence-electron chi connectivity index (χ2n) is 4.58. The maximum atomic E-state index is 14.0. The summed E-state index contributed by atoms with van der Waals surface area (Å²) in [5.74, 6) is -0.690. The molecule has 1 aromatic rings. The lowest BCUT2D eigenvalue weighted by Crippen LogP contribution is -2.30. The van der Waals surface area contributed by atoms with E-state index in [2.05, 4.69) is 21.2 Å². The molecular formula is C13H16BrF2NO. The maximum Gasteiger partial charge on any atom is 0.137 e. The lowest BCUT2D eigenvalue weighted by molar-refractivity contribution is 0.0958. The van der Waals surface area contributed by atoms with Crippen LogP contribution < -0.4 is 5.32 Å². The van der Waals surface area contributed by atoms with E-state index in [-0.39, 0.29) is 22.5 Å². The van der Waals surface area contributed by atoms with Gasteiger partial charge in [-0.3, -0.25) is 0 Å². The molecule has 1 heterocycles. The number of ether oxygens (including phenoxy) is 1. The minimum atomic E-state index is -0.446. The SMILES string of the molecule is CNC(c1cc(F)c(Br)cc1F)C1CCOC1C. The Labute approximate surface area is 114 Å². The van der Waals surface area contributed by atoms with Gasteiger partial charge in [-0.1, -0.05) is 0 Å². The van der Waals surface area contributed by atoms with E-state index < -0.39 is 11.6 Å². The summed E-state index contributed by atoms with van der Waals surface area (Å²) in [6.07, 6.45) is 0.901. The molecule has 1 fully saturated rings. The summed E-state index contributed by atoms with van der Waals surface area (Å²) in [7, 11) is 1.76. The Morgan fingerprint density at radius 1 is 1.39 bits per heavy atom. The van der Waals surface area contributed by atoms with E-state index in [1.54, 1.807) is 7.05 Å². The molecule has 100 valence electrons. The molecule has 2 nitrogen and oxygen atoms in total. The fourth-order valence-corrected chi connectivity index (χ4v) is 2.88. The van der Waals surface area contributed by atoms with Gasteiger partial charge < -0.3 is 10.1 Å². The van der Waals surface area contributed by atoms with E-state index in [9.17, 15) is 8.78 Å². The smallest absolute Gasteiger partial charge is 0.137 e. The first-order valence-corrected chi connectivity index (χ1v) is 6.77. The molecule has 1 aliphatic heterocycles. The number of hydrogen-bond donors (Lipinski definition) is 1. The molecule has 3 unspecified atom stereocenters. The van der Waals surface area contributed by atoms with Gasteiger partial charge in [-0.25, -0.2) is 8.78 Å². The standard InChI is InChI=1S/C13H16BrF2NO/c1-7-8(3-4-18-7)13(17-2)9-5-12(16)10(14)6-11(9)15/h5-8,13,17H,3-4H2,1-2H3. The maximum absolute atomic E-state index is 14.0. The largest absolute Gasteiger partial charge is 0.378 e. The average Bonchev–Trinajstić information content (AvgIpc) is 2.73. The molecule has 3 atom stereocenters.